The van der Waals surface area contributed by atoms with Crippen molar-refractivity contribution in [2.24, 2.45) is 0 Å². The molecule has 0 aliphatic rings. The molecule has 0 atom stereocenters. The Labute approximate surface area is 203 Å². The number of benzene rings is 3. The standard InChI is InChI=1S/C23H20F3IN2O3S/c1-15-6-9-20(10-7-15)33(31,32)29(19-5-3-4-17(13-19)23(24,25)26)14-22(30)28-21-11-8-18(27)12-16(21)2/h3-13H,14H2,1-2H3,(H,28,30). The Balaban J connectivity index is 2.02. The molecule has 0 heterocycles. The SMILES string of the molecule is Cc1ccc(S(=O)(=O)N(CC(=O)Nc2ccc(I)cc2C)c2cccc(C(F)(F)F)c2)cc1. The lowest BCUT2D eigenvalue weighted by Crippen LogP contribution is -2.38. The van der Waals surface area contributed by atoms with Crippen molar-refractivity contribution < 1.29 is 26.4 Å². The fourth-order valence-electron chi connectivity index (χ4n) is 3.08. The number of nitrogens with zero attached hydrogens (tertiary/aromatic N) is 1. The van der Waals surface area contributed by atoms with Crippen LogP contribution >= 0.6 is 22.6 Å². The zero-order valence-electron chi connectivity index (χ0n) is 17.7. The Bertz CT molecular complexity index is 1280. The van der Waals surface area contributed by atoms with E-state index in [-0.39, 0.29) is 10.6 Å². The smallest absolute Gasteiger partial charge is 0.324 e. The van der Waals surface area contributed by atoms with Gasteiger partial charge in [-0.05, 0) is 90.5 Å². The molecule has 1 amide bonds. The molecule has 5 nitrogen and oxygen atoms in total. The van der Waals surface area contributed by atoms with Gasteiger partial charge < -0.3 is 5.32 Å². The molecule has 174 valence electrons. The van der Waals surface area contributed by atoms with Crippen molar-refractivity contribution in [2.75, 3.05) is 16.2 Å². The van der Waals surface area contributed by atoms with Gasteiger partial charge in [0.05, 0.1) is 16.1 Å². The minimum absolute atomic E-state index is 0.135. The first-order valence-electron chi connectivity index (χ1n) is 9.70. The van der Waals surface area contributed by atoms with Crippen LogP contribution in [-0.2, 0) is 21.0 Å². The summed E-state index contributed by atoms with van der Waals surface area (Å²) in [6.45, 7) is 2.85. The van der Waals surface area contributed by atoms with Gasteiger partial charge in [-0.1, -0.05) is 23.8 Å². The largest absolute Gasteiger partial charge is 0.416 e. The van der Waals surface area contributed by atoms with Crippen LogP contribution in [0.1, 0.15) is 16.7 Å². The van der Waals surface area contributed by atoms with Crippen LogP contribution in [-0.4, -0.2) is 20.9 Å². The first-order chi connectivity index (χ1) is 15.4. The minimum atomic E-state index is -4.67. The Hall–Kier alpha value is -2.60. The molecule has 3 aromatic carbocycles. The van der Waals surface area contributed by atoms with E-state index in [0.29, 0.717) is 9.99 Å². The monoisotopic (exact) mass is 588 g/mol. The lowest BCUT2D eigenvalue weighted by atomic mass is 10.2. The molecule has 0 aliphatic heterocycles. The first-order valence-corrected chi connectivity index (χ1v) is 12.2. The molecule has 0 aliphatic carbocycles. The average Bonchev–Trinajstić information content (AvgIpc) is 2.74. The number of halogens is 4. The minimum Gasteiger partial charge on any atom is -0.324 e. The van der Waals surface area contributed by atoms with Gasteiger partial charge in [-0.15, -0.1) is 0 Å². The van der Waals surface area contributed by atoms with Gasteiger partial charge in [0, 0.05) is 9.26 Å². The number of rotatable bonds is 6. The second-order valence-corrected chi connectivity index (χ2v) is 10.5. The topological polar surface area (TPSA) is 66.5 Å². The molecule has 0 fully saturated rings. The van der Waals surface area contributed by atoms with Gasteiger partial charge in [0.2, 0.25) is 5.91 Å². The highest BCUT2D eigenvalue weighted by atomic mass is 127. The van der Waals surface area contributed by atoms with Gasteiger partial charge >= 0.3 is 6.18 Å². The van der Waals surface area contributed by atoms with Crippen LogP contribution in [0.5, 0.6) is 0 Å². The summed E-state index contributed by atoms with van der Waals surface area (Å²) in [5.41, 5.74) is 0.781. The van der Waals surface area contributed by atoms with Crippen LogP contribution in [0.3, 0.4) is 0 Å². The fraction of sp³-hybridized carbons (Fsp3) is 0.174. The molecule has 0 bridgehead atoms. The zero-order chi connectivity index (χ0) is 24.4. The molecule has 1 N–H and O–H groups in total. The number of carbonyl (C=O) groups excluding carboxylic acids is 1. The molecular weight excluding hydrogens is 568 g/mol. The highest BCUT2D eigenvalue weighted by Crippen LogP contribution is 2.33. The first kappa shape index (κ1) is 25.0. The third-order valence-electron chi connectivity index (χ3n) is 4.82. The molecule has 0 aromatic heterocycles. The summed E-state index contributed by atoms with van der Waals surface area (Å²) in [7, 11) is -4.33. The Morgan fingerprint density at radius 3 is 2.27 bits per heavy atom. The van der Waals surface area contributed by atoms with Crippen LogP contribution in [0, 0.1) is 17.4 Å². The highest BCUT2D eigenvalue weighted by molar-refractivity contribution is 14.1. The molecule has 33 heavy (non-hydrogen) atoms. The van der Waals surface area contributed by atoms with Gasteiger partial charge in [0.1, 0.15) is 6.54 Å². The van der Waals surface area contributed by atoms with Gasteiger partial charge in [0.15, 0.2) is 0 Å². The van der Waals surface area contributed by atoms with E-state index in [2.05, 4.69) is 27.9 Å². The lowest BCUT2D eigenvalue weighted by molar-refractivity contribution is -0.137. The molecule has 3 rings (SSSR count). The molecule has 10 heteroatoms. The second-order valence-electron chi connectivity index (χ2n) is 7.38. The van der Waals surface area contributed by atoms with Crippen LogP contribution in [0.2, 0.25) is 0 Å². The van der Waals surface area contributed by atoms with Crippen LogP contribution in [0.4, 0.5) is 24.5 Å². The Morgan fingerprint density at radius 2 is 1.67 bits per heavy atom. The number of nitrogens with one attached hydrogen (secondary N) is 1. The van der Waals surface area contributed by atoms with Crippen molar-refractivity contribution in [3.63, 3.8) is 0 Å². The third-order valence-corrected chi connectivity index (χ3v) is 7.28. The van der Waals surface area contributed by atoms with Crippen molar-refractivity contribution in [2.45, 2.75) is 24.9 Å². The van der Waals surface area contributed by atoms with E-state index in [4.69, 9.17) is 0 Å². The third kappa shape index (κ3) is 6.05. The van der Waals surface area contributed by atoms with E-state index in [1.165, 1.54) is 18.2 Å². The van der Waals surface area contributed by atoms with Gasteiger partial charge in [-0.3, -0.25) is 9.10 Å². The number of amides is 1. The number of alkyl halides is 3. The maximum Gasteiger partial charge on any atom is 0.416 e. The van der Waals surface area contributed by atoms with E-state index < -0.39 is 34.2 Å². The summed E-state index contributed by atoms with van der Waals surface area (Å²) in [5, 5.41) is 2.64. The van der Waals surface area contributed by atoms with E-state index in [0.717, 1.165) is 32.9 Å². The van der Waals surface area contributed by atoms with Crippen molar-refractivity contribution >= 4 is 49.9 Å². The number of anilines is 2. The molecule has 3 aromatic rings. The molecule has 0 saturated heterocycles. The predicted octanol–water partition coefficient (Wildman–Crippen LogP) is 5.76. The quantitative estimate of drug-likeness (QED) is 0.373. The summed E-state index contributed by atoms with van der Waals surface area (Å²) in [5.74, 6) is -0.688. The number of hydrogen-bond acceptors (Lipinski definition) is 3. The number of hydrogen-bond donors (Lipinski definition) is 1. The van der Waals surface area contributed by atoms with E-state index >= 15 is 0 Å². The van der Waals surface area contributed by atoms with Gasteiger partial charge in [-0.25, -0.2) is 8.42 Å². The van der Waals surface area contributed by atoms with Crippen LogP contribution in [0.25, 0.3) is 0 Å². The van der Waals surface area contributed by atoms with Crippen molar-refractivity contribution in [3.8, 4) is 0 Å². The highest BCUT2D eigenvalue weighted by Gasteiger charge is 2.33. The average molecular weight is 588 g/mol. The molecule has 0 spiro atoms. The number of carbonyl (C=O) groups is 1. The van der Waals surface area contributed by atoms with Gasteiger partial charge in [-0.2, -0.15) is 13.2 Å². The summed E-state index contributed by atoms with van der Waals surface area (Å²) in [6, 6.07) is 15.0. The van der Waals surface area contributed by atoms with E-state index in [1.807, 2.05) is 6.07 Å². The van der Waals surface area contributed by atoms with Crippen molar-refractivity contribution in [3.05, 3.63) is 87.0 Å². The summed E-state index contributed by atoms with van der Waals surface area (Å²) < 4.78 is 68.2. The number of sulfonamides is 1. The van der Waals surface area contributed by atoms with Crippen LogP contribution in [0.15, 0.2) is 71.6 Å². The summed E-state index contributed by atoms with van der Waals surface area (Å²) >= 11 is 2.12. The molecule has 0 radical (unpaired) electrons. The van der Waals surface area contributed by atoms with Crippen molar-refractivity contribution in [1.29, 1.82) is 0 Å². The van der Waals surface area contributed by atoms with Gasteiger partial charge in [0.25, 0.3) is 10.0 Å². The lowest BCUT2D eigenvalue weighted by Gasteiger charge is -2.25. The normalized spacial score (nSPS) is 11.8. The molecule has 0 saturated carbocycles. The maximum absolute atomic E-state index is 13.4. The summed E-state index contributed by atoms with van der Waals surface area (Å²) in [4.78, 5) is 12.7. The Morgan fingerprint density at radius 1 is 1.00 bits per heavy atom. The summed E-state index contributed by atoms with van der Waals surface area (Å²) in [6.07, 6.45) is -4.67. The van der Waals surface area contributed by atoms with Crippen LogP contribution < -0.4 is 9.62 Å². The number of aryl methyl sites for hydroxylation is 2. The zero-order valence-corrected chi connectivity index (χ0v) is 20.6. The Kier molecular flexibility index (Phi) is 7.37. The molecular formula is C23H20F3IN2O3S. The molecule has 0 unspecified atom stereocenters. The second kappa shape index (κ2) is 9.72. The van der Waals surface area contributed by atoms with Crippen molar-refractivity contribution in [1.82, 2.24) is 0 Å². The maximum atomic E-state index is 13.4. The predicted molar refractivity (Wildman–Crippen MR) is 130 cm³/mol. The van der Waals surface area contributed by atoms with E-state index in [1.54, 1.807) is 38.1 Å². The van der Waals surface area contributed by atoms with E-state index in [9.17, 15) is 26.4 Å². The fourth-order valence-corrected chi connectivity index (χ4v) is 5.14.